The van der Waals surface area contributed by atoms with E-state index in [9.17, 15) is 14.4 Å². The lowest BCUT2D eigenvalue weighted by atomic mass is 9.43. The number of hydrogen-bond donors (Lipinski definition) is 0. The van der Waals surface area contributed by atoms with Crippen molar-refractivity contribution in [3.05, 3.63) is 24.2 Å². The van der Waals surface area contributed by atoms with E-state index in [1.54, 1.807) is 12.5 Å². The molecule has 1 aromatic heterocycles. The number of furan rings is 1. The van der Waals surface area contributed by atoms with Crippen LogP contribution in [0.5, 0.6) is 0 Å². The third kappa shape index (κ3) is 2.37. The van der Waals surface area contributed by atoms with Crippen LogP contribution in [-0.4, -0.2) is 36.5 Å². The Bertz CT molecular complexity index is 855. The molecule has 0 N–H and O–H groups in total. The number of fused-ring (bicyclic) bond motifs is 3. The minimum Gasteiger partial charge on any atom is -0.472 e. The SMILES string of the molecule is CC(=O)OC[C@@]12C(=O)C[C@@H](C)[C@]3(C[C@@H](c4ccoc4)OC3=O)[C@H]1CCC[C@@]21CO1. The zero-order chi connectivity index (χ0) is 20.4. The van der Waals surface area contributed by atoms with Crippen molar-refractivity contribution < 1.29 is 33.0 Å². The van der Waals surface area contributed by atoms with Crippen molar-refractivity contribution >= 4 is 17.7 Å². The van der Waals surface area contributed by atoms with E-state index in [4.69, 9.17) is 18.6 Å². The van der Waals surface area contributed by atoms with Crippen LogP contribution in [0.3, 0.4) is 0 Å². The second-order valence-electron chi connectivity index (χ2n) is 9.20. The molecule has 7 heteroatoms. The highest BCUT2D eigenvalue weighted by atomic mass is 16.6. The molecule has 0 radical (unpaired) electrons. The van der Waals surface area contributed by atoms with Crippen molar-refractivity contribution in [2.75, 3.05) is 13.2 Å². The number of carbonyl (C=O) groups is 3. The average Bonchev–Trinajstić information content (AvgIpc) is 3.12. The minimum absolute atomic E-state index is 0.0238. The van der Waals surface area contributed by atoms with E-state index in [0.717, 1.165) is 24.8 Å². The third-order valence-corrected chi connectivity index (χ3v) is 8.04. The van der Waals surface area contributed by atoms with Crippen LogP contribution in [0.2, 0.25) is 0 Å². The number of rotatable bonds is 3. The van der Waals surface area contributed by atoms with Crippen LogP contribution < -0.4 is 0 Å². The van der Waals surface area contributed by atoms with Crippen molar-refractivity contribution in [3.8, 4) is 0 Å². The molecule has 4 fully saturated rings. The van der Waals surface area contributed by atoms with E-state index < -0.39 is 22.4 Å². The number of cyclic esters (lactones) is 1. The Balaban J connectivity index is 1.60. The molecule has 1 aromatic rings. The molecule has 2 saturated carbocycles. The molecular weight excluding hydrogens is 376 g/mol. The maximum Gasteiger partial charge on any atom is 0.313 e. The molecule has 2 aliphatic carbocycles. The van der Waals surface area contributed by atoms with Gasteiger partial charge < -0.3 is 18.6 Å². The summed E-state index contributed by atoms with van der Waals surface area (Å²) in [6.45, 7) is 3.77. The Morgan fingerprint density at radius 1 is 1.34 bits per heavy atom. The summed E-state index contributed by atoms with van der Waals surface area (Å²) in [6.07, 6.45) is 5.89. The van der Waals surface area contributed by atoms with Gasteiger partial charge in [-0.15, -0.1) is 0 Å². The molecule has 4 aliphatic rings. The highest BCUT2D eigenvalue weighted by Gasteiger charge is 2.77. The van der Waals surface area contributed by atoms with Gasteiger partial charge in [0.05, 0.1) is 30.0 Å². The van der Waals surface area contributed by atoms with Crippen LogP contribution >= 0.6 is 0 Å². The predicted molar refractivity (Wildman–Crippen MR) is 98.5 cm³/mol. The van der Waals surface area contributed by atoms with Crippen molar-refractivity contribution in [1.29, 1.82) is 0 Å². The number of carbonyl (C=O) groups excluding carboxylic acids is 3. The van der Waals surface area contributed by atoms with Gasteiger partial charge in [0.1, 0.15) is 24.1 Å². The third-order valence-electron chi connectivity index (χ3n) is 8.04. The first-order valence-corrected chi connectivity index (χ1v) is 10.4. The van der Waals surface area contributed by atoms with E-state index in [0.29, 0.717) is 13.0 Å². The van der Waals surface area contributed by atoms with Crippen molar-refractivity contribution in [1.82, 2.24) is 0 Å². The largest absolute Gasteiger partial charge is 0.472 e. The number of ether oxygens (including phenoxy) is 3. The molecular formula is C22H26O7. The Labute approximate surface area is 169 Å². The normalized spacial score (nSPS) is 43.3. The lowest BCUT2D eigenvalue weighted by molar-refractivity contribution is -0.188. The molecule has 3 heterocycles. The van der Waals surface area contributed by atoms with Crippen molar-refractivity contribution in [2.45, 2.75) is 57.7 Å². The summed E-state index contributed by atoms with van der Waals surface area (Å²) in [4.78, 5) is 38.6. The summed E-state index contributed by atoms with van der Waals surface area (Å²) in [5.41, 5.74) is -1.56. The highest BCUT2D eigenvalue weighted by Crippen LogP contribution is 2.69. The summed E-state index contributed by atoms with van der Waals surface area (Å²) < 4.78 is 22.4. The first kappa shape index (κ1) is 18.9. The van der Waals surface area contributed by atoms with E-state index in [1.807, 2.05) is 13.0 Å². The van der Waals surface area contributed by atoms with Gasteiger partial charge in [-0.25, -0.2) is 0 Å². The molecule has 6 atom stereocenters. The van der Waals surface area contributed by atoms with Gasteiger partial charge in [-0.2, -0.15) is 0 Å². The first-order chi connectivity index (χ1) is 13.9. The summed E-state index contributed by atoms with van der Waals surface area (Å²) in [6, 6.07) is 1.81. The topological polar surface area (TPSA) is 95.3 Å². The van der Waals surface area contributed by atoms with Gasteiger partial charge in [0.25, 0.3) is 0 Å². The van der Waals surface area contributed by atoms with E-state index in [1.165, 1.54) is 6.92 Å². The molecule has 0 aromatic carbocycles. The van der Waals surface area contributed by atoms with Crippen molar-refractivity contribution in [2.24, 2.45) is 22.7 Å². The molecule has 0 bridgehead atoms. The Morgan fingerprint density at radius 2 is 2.14 bits per heavy atom. The smallest absolute Gasteiger partial charge is 0.313 e. The zero-order valence-corrected chi connectivity index (χ0v) is 16.8. The lowest BCUT2D eigenvalue weighted by Gasteiger charge is -2.57. The standard InChI is InChI=1S/C22H26O7/c1-13-8-18(24)22(12-27-14(2)23)17(4-3-6-20(22)11-28-20)21(13)9-16(29-19(21)25)15-5-7-26-10-15/h5,7,10,13,16-17H,3-4,6,8-9,11-12H2,1-2H3/t13-,16+,17-,20-,21-,22+/m1/s1. The van der Waals surface area contributed by atoms with Crippen LogP contribution in [0, 0.1) is 22.7 Å². The van der Waals surface area contributed by atoms with Crippen LogP contribution in [0.1, 0.15) is 57.6 Å². The Kier molecular flexibility index (Phi) is 4.01. The highest BCUT2D eigenvalue weighted by molar-refractivity contribution is 5.93. The molecule has 2 spiro atoms. The van der Waals surface area contributed by atoms with Crippen LogP contribution in [-0.2, 0) is 28.6 Å². The lowest BCUT2D eigenvalue weighted by Crippen LogP contribution is -2.66. The molecule has 2 saturated heterocycles. The average molecular weight is 402 g/mol. The fraction of sp³-hybridized carbons (Fsp3) is 0.682. The van der Waals surface area contributed by atoms with Gasteiger partial charge in [0.2, 0.25) is 0 Å². The molecule has 7 nitrogen and oxygen atoms in total. The maximum atomic E-state index is 13.5. The van der Waals surface area contributed by atoms with Crippen LogP contribution in [0.25, 0.3) is 0 Å². The van der Waals surface area contributed by atoms with Gasteiger partial charge >= 0.3 is 11.9 Å². The van der Waals surface area contributed by atoms with Gasteiger partial charge in [-0.1, -0.05) is 13.3 Å². The summed E-state index contributed by atoms with van der Waals surface area (Å²) in [5, 5.41) is 0. The van der Waals surface area contributed by atoms with Crippen LogP contribution in [0.4, 0.5) is 0 Å². The number of ketones is 1. The molecule has 5 rings (SSSR count). The van der Waals surface area contributed by atoms with Gasteiger partial charge in [-0.05, 0) is 30.7 Å². The maximum absolute atomic E-state index is 13.5. The fourth-order valence-electron chi connectivity index (χ4n) is 6.53. The number of hydrogen-bond acceptors (Lipinski definition) is 7. The molecule has 156 valence electrons. The van der Waals surface area contributed by atoms with Gasteiger partial charge in [-0.3, -0.25) is 14.4 Å². The Morgan fingerprint density at radius 3 is 2.79 bits per heavy atom. The molecule has 0 amide bonds. The number of esters is 2. The molecule has 29 heavy (non-hydrogen) atoms. The summed E-state index contributed by atoms with van der Waals surface area (Å²) in [5.74, 6) is -1.04. The second kappa shape index (κ2) is 6.17. The zero-order valence-electron chi connectivity index (χ0n) is 16.8. The fourth-order valence-corrected chi connectivity index (χ4v) is 6.53. The summed E-state index contributed by atoms with van der Waals surface area (Å²) >= 11 is 0. The number of Topliss-reactive ketones (excluding diaryl/α,β-unsaturated/α-hetero) is 1. The monoisotopic (exact) mass is 402 g/mol. The van der Waals surface area contributed by atoms with Crippen LogP contribution in [0.15, 0.2) is 23.0 Å². The molecule has 2 aliphatic heterocycles. The van der Waals surface area contributed by atoms with Gasteiger partial charge in [0.15, 0.2) is 0 Å². The van der Waals surface area contributed by atoms with Crippen molar-refractivity contribution in [3.63, 3.8) is 0 Å². The first-order valence-electron chi connectivity index (χ1n) is 10.4. The van der Waals surface area contributed by atoms with E-state index in [-0.39, 0.29) is 42.7 Å². The number of epoxide rings is 1. The van der Waals surface area contributed by atoms with Gasteiger partial charge in [0, 0.05) is 25.3 Å². The Hall–Kier alpha value is -2.15. The summed E-state index contributed by atoms with van der Waals surface area (Å²) in [7, 11) is 0. The second-order valence-corrected chi connectivity index (χ2v) is 9.20. The van der Waals surface area contributed by atoms with E-state index in [2.05, 4.69) is 0 Å². The minimum atomic E-state index is -0.978. The van der Waals surface area contributed by atoms with E-state index >= 15 is 0 Å². The quantitative estimate of drug-likeness (QED) is 0.566. The molecule has 0 unspecified atom stereocenters. The predicted octanol–water partition coefficient (Wildman–Crippen LogP) is 2.98.